The van der Waals surface area contributed by atoms with E-state index in [4.69, 9.17) is 10.5 Å². The van der Waals surface area contributed by atoms with Gasteiger partial charge in [0.15, 0.2) is 6.10 Å². The molecule has 1 aromatic heterocycles. The van der Waals surface area contributed by atoms with Gasteiger partial charge in [0.25, 0.3) is 5.91 Å². The number of fused-ring (bicyclic) bond motifs is 1. The Morgan fingerprint density at radius 1 is 1.43 bits per heavy atom. The van der Waals surface area contributed by atoms with Crippen LogP contribution < -0.4 is 15.4 Å². The molecule has 1 aliphatic rings. The molecule has 21 heavy (non-hydrogen) atoms. The van der Waals surface area contributed by atoms with Gasteiger partial charge in [-0.25, -0.2) is 9.67 Å². The average molecular weight is 287 g/mol. The van der Waals surface area contributed by atoms with Crippen molar-refractivity contribution in [2.24, 2.45) is 0 Å². The Hall–Kier alpha value is -2.57. The molecule has 0 spiro atoms. The van der Waals surface area contributed by atoms with E-state index in [9.17, 15) is 4.79 Å². The Kier molecular flexibility index (Phi) is 3.25. The van der Waals surface area contributed by atoms with E-state index in [1.807, 2.05) is 6.92 Å². The maximum Gasteiger partial charge on any atom is 0.268 e. The average Bonchev–Trinajstić information content (AvgIpc) is 2.91. The van der Waals surface area contributed by atoms with Gasteiger partial charge < -0.3 is 10.5 Å². The lowest BCUT2D eigenvalue weighted by Gasteiger charge is -2.32. The first kappa shape index (κ1) is 13.4. The van der Waals surface area contributed by atoms with E-state index < -0.39 is 6.10 Å². The summed E-state index contributed by atoms with van der Waals surface area (Å²) in [5.41, 5.74) is 7.09. The summed E-state index contributed by atoms with van der Waals surface area (Å²) in [5.74, 6) is 1.25. The van der Waals surface area contributed by atoms with Gasteiger partial charge in [-0.15, -0.1) is 0 Å². The van der Waals surface area contributed by atoms with E-state index in [-0.39, 0.29) is 5.91 Å². The molecule has 0 saturated carbocycles. The summed E-state index contributed by atoms with van der Waals surface area (Å²) in [6.45, 7) is 4.78. The predicted octanol–water partition coefficient (Wildman–Crippen LogP) is 1.19. The third kappa shape index (κ3) is 2.31. The smallest absolute Gasteiger partial charge is 0.268 e. The molecule has 1 unspecified atom stereocenters. The number of nitrogens with zero attached hydrogens (tertiary/aromatic N) is 4. The van der Waals surface area contributed by atoms with Crippen molar-refractivity contribution in [2.75, 3.05) is 10.6 Å². The Bertz CT molecular complexity index is 682. The van der Waals surface area contributed by atoms with Crippen LogP contribution in [-0.2, 0) is 17.9 Å². The van der Waals surface area contributed by atoms with E-state index in [1.165, 1.54) is 6.33 Å². The monoisotopic (exact) mass is 287 g/mol. The van der Waals surface area contributed by atoms with Crippen molar-refractivity contribution in [3.63, 3.8) is 0 Å². The van der Waals surface area contributed by atoms with Crippen molar-refractivity contribution in [1.29, 1.82) is 0 Å². The van der Waals surface area contributed by atoms with Crippen LogP contribution in [0.4, 0.5) is 11.4 Å². The van der Waals surface area contributed by atoms with Crippen LogP contribution >= 0.6 is 0 Å². The SMILES string of the molecule is CCn1ncnc1CN1C(=O)C(C)Oc2cc(N)ccc21. The number of benzene rings is 1. The number of nitrogens with two attached hydrogens (primary N) is 1. The van der Waals surface area contributed by atoms with Gasteiger partial charge >= 0.3 is 0 Å². The number of nitrogen functional groups attached to an aromatic ring is 1. The molecule has 2 aromatic rings. The minimum Gasteiger partial charge on any atom is -0.479 e. The Labute approximate surface area is 122 Å². The normalized spacial score (nSPS) is 17.5. The molecular weight excluding hydrogens is 270 g/mol. The van der Waals surface area contributed by atoms with E-state index >= 15 is 0 Å². The summed E-state index contributed by atoms with van der Waals surface area (Å²) in [6, 6.07) is 5.28. The van der Waals surface area contributed by atoms with Crippen LogP contribution in [-0.4, -0.2) is 26.8 Å². The molecule has 7 nitrogen and oxygen atoms in total. The molecule has 3 rings (SSSR count). The number of carbonyl (C=O) groups is 1. The number of rotatable bonds is 3. The molecule has 110 valence electrons. The van der Waals surface area contributed by atoms with E-state index in [1.54, 1.807) is 34.7 Å². The first-order valence-corrected chi connectivity index (χ1v) is 6.84. The molecule has 1 aliphatic heterocycles. The van der Waals surface area contributed by atoms with Crippen LogP contribution in [0.15, 0.2) is 24.5 Å². The number of hydrogen-bond donors (Lipinski definition) is 1. The summed E-state index contributed by atoms with van der Waals surface area (Å²) in [4.78, 5) is 18.3. The molecule has 0 aliphatic carbocycles. The van der Waals surface area contributed by atoms with Crippen LogP contribution in [0.1, 0.15) is 19.7 Å². The summed E-state index contributed by atoms with van der Waals surface area (Å²) >= 11 is 0. The zero-order valence-corrected chi connectivity index (χ0v) is 12.0. The molecule has 1 atom stereocenters. The lowest BCUT2D eigenvalue weighted by atomic mass is 10.1. The Balaban J connectivity index is 1.99. The van der Waals surface area contributed by atoms with Gasteiger partial charge in [-0.1, -0.05) is 0 Å². The lowest BCUT2D eigenvalue weighted by molar-refractivity contribution is -0.125. The highest BCUT2D eigenvalue weighted by atomic mass is 16.5. The molecule has 0 radical (unpaired) electrons. The van der Waals surface area contributed by atoms with Crippen LogP contribution in [0.5, 0.6) is 5.75 Å². The van der Waals surface area contributed by atoms with Gasteiger partial charge in [-0.05, 0) is 26.0 Å². The molecule has 0 bridgehead atoms. The maximum atomic E-state index is 12.4. The molecule has 0 fully saturated rings. The number of anilines is 2. The van der Waals surface area contributed by atoms with Gasteiger partial charge in [0.1, 0.15) is 17.9 Å². The largest absolute Gasteiger partial charge is 0.479 e. The number of aryl methyl sites for hydroxylation is 1. The van der Waals surface area contributed by atoms with Crippen molar-refractivity contribution in [1.82, 2.24) is 14.8 Å². The van der Waals surface area contributed by atoms with E-state index in [0.717, 1.165) is 5.82 Å². The Morgan fingerprint density at radius 3 is 3.00 bits per heavy atom. The predicted molar refractivity (Wildman–Crippen MR) is 77.8 cm³/mol. The highest BCUT2D eigenvalue weighted by Crippen LogP contribution is 2.36. The summed E-state index contributed by atoms with van der Waals surface area (Å²) in [5, 5.41) is 4.13. The van der Waals surface area contributed by atoms with Crippen molar-refractivity contribution < 1.29 is 9.53 Å². The molecule has 1 aromatic carbocycles. The third-order valence-corrected chi connectivity index (χ3v) is 3.49. The second kappa shape index (κ2) is 5.08. The molecule has 2 heterocycles. The number of hydrogen-bond acceptors (Lipinski definition) is 5. The number of ether oxygens (including phenoxy) is 1. The second-order valence-electron chi connectivity index (χ2n) is 4.90. The minimum atomic E-state index is -0.544. The first-order valence-electron chi connectivity index (χ1n) is 6.84. The van der Waals surface area contributed by atoms with Gasteiger partial charge in [0, 0.05) is 18.3 Å². The van der Waals surface area contributed by atoms with Gasteiger partial charge in [-0.2, -0.15) is 5.10 Å². The van der Waals surface area contributed by atoms with Gasteiger partial charge in [0.2, 0.25) is 0 Å². The molecule has 7 heteroatoms. The topological polar surface area (TPSA) is 86.3 Å². The molecule has 0 saturated heterocycles. The van der Waals surface area contributed by atoms with Crippen molar-refractivity contribution in [3.8, 4) is 5.75 Å². The second-order valence-corrected chi connectivity index (χ2v) is 4.90. The molecule has 2 N–H and O–H groups in total. The summed E-state index contributed by atoms with van der Waals surface area (Å²) in [6.07, 6.45) is 0.953. The third-order valence-electron chi connectivity index (χ3n) is 3.49. The minimum absolute atomic E-state index is 0.0991. The molecular formula is C14H17N5O2. The number of carbonyl (C=O) groups excluding carboxylic acids is 1. The highest BCUT2D eigenvalue weighted by Gasteiger charge is 2.32. The summed E-state index contributed by atoms with van der Waals surface area (Å²) < 4.78 is 7.39. The van der Waals surface area contributed by atoms with Crippen molar-refractivity contribution >= 4 is 17.3 Å². The highest BCUT2D eigenvalue weighted by molar-refractivity contribution is 5.99. The van der Waals surface area contributed by atoms with Crippen LogP contribution in [0, 0.1) is 0 Å². The Morgan fingerprint density at radius 2 is 2.24 bits per heavy atom. The maximum absolute atomic E-state index is 12.4. The van der Waals surface area contributed by atoms with Crippen LogP contribution in [0.3, 0.4) is 0 Å². The van der Waals surface area contributed by atoms with E-state index in [0.29, 0.717) is 30.2 Å². The van der Waals surface area contributed by atoms with Gasteiger partial charge in [0.05, 0.1) is 12.2 Å². The zero-order chi connectivity index (χ0) is 15.0. The van der Waals surface area contributed by atoms with Crippen LogP contribution in [0.25, 0.3) is 0 Å². The van der Waals surface area contributed by atoms with E-state index in [2.05, 4.69) is 10.1 Å². The molecule has 1 amide bonds. The first-order chi connectivity index (χ1) is 10.1. The number of amides is 1. The zero-order valence-electron chi connectivity index (χ0n) is 12.0. The van der Waals surface area contributed by atoms with Gasteiger partial charge in [-0.3, -0.25) is 9.69 Å². The lowest BCUT2D eigenvalue weighted by Crippen LogP contribution is -2.44. The van der Waals surface area contributed by atoms with Crippen LogP contribution in [0.2, 0.25) is 0 Å². The summed E-state index contributed by atoms with van der Waals surface area (Å²) in [7, 11) is 0. The quantitative estimate of drug-likeness (QED) is 0.857. The van der Waals surface area contributed by atoms with Crippen molar-refractivity contribution in [2.45, 2.75) is 33.0 Å². The fourth-order valence-corrected chi connectivity index (χ4v) is 2.41. The fourth-order valence-electron chi connectivity index (χ4n) is 2.41. The standard InChI is InChI=1S/C14H17N5O2/c1-3-19-13(16-8-17-19)7-18-11-5-4-10(15)6-12(11)21-9(2)14(18)20/h4-6,8-9H,3,7,15H2,1-2H3. The number of aromatic nitrogens is 3. The van der Waals surface area contributed by atoms with Crippen molar-refractivity contribution in [3.05, 3.63) is 30.4 Å². The fraction of sp³-hybridized carbons (Fsp3) is 0.357.